The van der Waals surface area contributed by atoms with Crippen LogP contribution >= 0.6 is 22.6 Å². The summed E-state index contributed by atoms with van der Waals surface area (Å²) < 4.78 is 1.23. The number of carboxylic acids is 1. The number of benzene rings is 1. The van der Waals surface area contributed by atoms with Crippen LogP contribution in [0.15, 0.2) is 24.3 Å². The molecule has 0 bridgehead atoms. The van der Waals surface area contributed by atoms with Gasteiger partial charge < -0.3 is 5.11 Å². The van der Waals surface area contributed by atoms with Crippen LogP contribution in [0.5, 0.6) is 0 Å². The van der Waals surface area contributed by atoms with E-state index in [9.17, 15) is 4.79 Å². The summed E-state index contributed by atoms with van der Waals surface area (Å²) in [6, 6.07) is 8.43. The van der Waals surface area contributed by atoms with Gasteiger partial charge in [0.15, 0.2) is 0 Å². The van der Waals surface area contributed by atoms with Crippen LogP contribution in [0.2, 0.25) is 0 Å². The zero-order valence-corrected chi connectivity index (χ0v) is 12.6. The Morgan fingerprint density at radius 1 is 1.39 bits per heavy atom. The summed E-state index contributed by atoms with van der Waals surface area (Å²) in [5.74, 6) is -0.407. The van der Waals surface area contributed by atoms with E-state index in [-0.39, 0.29) is 5.92 Å². The molecule has 0 saturated carbocycles. The first-order chi connectivity index (χ1) is 8.54. The molecule has 1 N–H and O–H groups in total. The quantitative estimate of drug-likeness (QED) is 0.844. The minimum Gasteiger partial charge on any atom is -0.481 e. The summed E-state index contributed by atoms with van der Waals surface area (Å²) in [5, 5.41) is 9.15. The van der Waals surface area contributed by atoms with Crippen molar-refractivity contribution in [1.82, 2.24) is 4.90 Å². The largest absolute Gasteiger partial charge is 0.481 e. The van der Waals surface area contributed by atoms with Crippen molar-refractivity contribution in [2.24, 2.45) is 11.8 Å². The number of nitrogens with zero attached hydrogens (tertiary/aromatic N) is 1. The number of piperidine rings is 1. The van der Waals surface area contributed by atoms with Crippen LogP contribution in [0.1, 0.15) is 18.9 Å². The first-order valence-corrected chi connectivity index (χ1v) is 7.32. The fraction of sp³-hybridized carbons (Fsp3) is 0.500. The molecule has 18 heavy (non-hydrogen) atoms. The van der Waals surface area contributed by atoms with Crippen LogP contribution in [0.3, 0.4) is 0 Å². The van der Waals surface area contributed by atoms with Crippen molar-refractivity contribution in [2.75, 3.05) is 13.1 Å². The Balaban J connectivity index is 2.00. The number of carbonyl (C=O) groups is 1. The molecule has 0 aromatic heterocycles. The fourth-order valence-corrected chi connectivity index (χ4v) is 2.98. The molecular formula is C14H18INO2. The van der Waals surface area contributed by atoms with Gasteiger partial charge in [-0.05, 0) is 52.6 Å². The highest BCUT2D eigenvalue weighted by Crippen LogP contribution is 2.23. The Morgan fingerprint density at radius 2 is 2.06 bits per heavy atom. The Kier molecular flexibility index (Phi) is 4.61. The highest BCUT2D eigenvalue weighted by Gasteiger charge is 2.29. The normalized spacial score (nSPS) is 25.0. The first-order valence-electron chi connectivity index (χ1n) is 6.24. The summed E-state index contributed by atoms with van der Waals surface area (Å²) >= 11 is 2.29. The van der Waals surface area contributed by atoms with Crippen LogP contribution in [0.25, 0.3) is 0 Å². The lowest BCUT2D eigenvalue weighted by atomic mass is 9.90. The van der Waals surface area contributed by atoms with Gasteiger partial charge in [-0.15, -0.1) is 0 Å². The Labute approximate surface area is 121 Å². The van der Waals surface area contributed by atoms with Gasteiger partial charge in [0.25, 0.3) is 0 Å². The lowest BCUT2D eigenvalue weighted by Gasteiger charge is -2.34. The highest BCUT2D eigenvalue weighted by atomic mass is 127. The molecule has 0 aliphatic carbocycles. The van der Waals surface area contributed by atoms with Gasteiger partial charge in [-0.25, -0.2) is 0 Å². The van der Waals surface area contributed by atoms with Gasteiger partial charge >= 0.3 is 5.97 Å². The van der Waals surface area contributed by atoms with Crippen LogP contribution in [0, 0.1) is 15.4 Å². The third kappa shape index (κ3) is 3.68. The smallest absolute Gasteiger partial charge is 0.307 e. The van der Waals surface area contributed by atoms with Crippen molar-refractivity contribution < 1.29 is 9.90 Å². The summed E-state index contributed by atoms with van der Waals surface area (Å²) in [6.07, 6.45) is 0.804. The van der Waals surface area contributed by atoms with Gasteiger partial charge in [0.05, 0.1) is 5.92 Å². The molecule has 3 nitrogen and oxygen atoms in total. The zero-order valence-electron chi connectivity index (χ0n) is 10.5. The zero-order chi connectivity index (χ0) is 13.1. The summed E-state index contributed by atoms with van der Waals surface area (Å²) in [6.45, 7) is 4.66. The second-order valence-corrected chi connectivity index (χ2v) is 6.44. The summed E-state index contributed by atoms with van der Waals surface area (Å²) in [4.78, 5) is 13.4. The topological polar surface area (TPSA) is 40.5 Å². The second kappa shape index (κ2) is 6.02. The van der Waals surface area contributed by atoms with E-state index in [1.807, 2.05) is 0 Å². The number of halogens is 1. The van der Waals surface area contributed by atoms with E-state index in [4.69, 9.17) is 5.11 Å². The standard InChI is InChI=1S/C14H18INO2/c1-10-6-12(14(17)18)9-16(7-10)8-11-2-4-13(15)5-3-11/h2-5,10,12H,6-9H2,1H3,(H,17,18). The van der Waals surface area contributed by atoms with Crippen LogP contribution in [0.4, 0.5) is 0 Å². The molecular weight excluding hydrogens is 341 g/mol. The van der Waals surface area contributed by atoms with E-state index in [0.29, 0.717) is 12.5 Å². The lowest BCUT2D eigenvalue weighted by molar-refractivity contribution is -0.144. The maximum Gasteiger partial charge on any atom is 0.307 e. The third-order valence-corrected chi connectivity index (χ3v) is 4.12. The van der Waals surface area contributed by atoms with Crippen molar-refractivity contribution in [3.63, 3.8) is 0 Å². The summed E-state index contributed by atoms with van der Waals surface area (Å²) in [7, 11) is 0. The van der Waals surface area contributed by atoms with E-state index < -0.39 is 5.97 Å². The van der Waals surface area contributed by atoms with Crippen molar-refractivity contribution in [3.05, 3.63) is 33.4 Å². The molecule has 4 heteroatoms. The molecule has 1 aliphatic rings. The molecule has 1 aromatic rings. The number of carboxylic acid groups (broad SMARTS) is 1. The number of aliphatic carboxylic acids is 1. The third-order valence-electron chi connectivity index (χ3n) is 3.40. The molecule has 1 saturated heterocycles. The summed E-state index contributed by atoms with van der Waals surface area (Å²) in [5.41, 5.74) is 1.26. The van der Waals surface area contributed by atoms with Gasteiger partial charge in [0, 0.05) is 23.2 Å². The molecule has 1 aliphatic heterocycles. The van der Waals surface area contributed by atoms with Crippen LogP contribution in [-0.4, -0.2) is 29.1 Å². The number of rotatable bonds is 3. The predicted molar refractivity (Wildman–Crippen MR) is 79.3 cm³/mol. The van der Waals surface area contributed by atoms with Crippen molar-refractivity contribution in [1.29, 1.82) is 0 Å². The van der Waals surface area contributed by atoms with Crippen molar-refractivity contribution >= 4 is 28.6 Å². The Hall–Kier alpha value is -0.620. The molecule has 0 radical (unpaired) electrons. The molecule has 0 spiro atoms. The predicted octanol–water partition coefficient (Wildman–Crippen LogP) is 2.83. The van der Waals surface area contributed by atoms with Crippen LogP contribution < -0.4 is 0 Å². The minimum atomic E-state index is -0.658. The SMILES string of the molecule is CC1CC(C(=O)O)CN(Cc2ccc(I)cc2)C1. The molecule has 0 amide bonds. The maximum atomic E-state index is 11.1. The molecule has 1 fully saturated rings. The van der Waals surface area contributed by atoms with Gasteiger partial charge in [0.2, 0.25) is 0 Å². The van der Waals surface area contributed by atoms with Gasteiger partial charge in [-0.1, -0.05) is 19.1 Å². The van der Waals surface area contributed by atoms with E-state index in [1.165, 1.54) is 9.13 Å². The van der Waals surface area contributed by atoms with Gasteiger partial charge in [0.1, 0.15) is 0 Å². The number of likely N-dealkylation sites (tertiary alicyclic amines) is 1. The van der Waals surface area contributed by atoms with E-state index in [2.05, 4.69) is 58.7 Å². The maximum absolute atomic E-state index is 11.1. The first kappa shape index (κ1) is 13.8. The number of hydrogen-bond donors (Lipinski definition) is 1. The van der Waals surface area contributed by atoms with Gasteiger partial charge in [-0.2, -0.15) is 0 Å². The molecule has 2 unspecified atom stereocenters. The Morgan fingerprint density at radius 3 is 2.67 bits per heavy atom. The molecule has 1 aromatic carbocycles. The van der Waals surface area contributed by atoms with Crippen molar-refractivity contribution in [3.8, 4) is 0 Å². The average Bonchev–Trinajstić information content (AvgIpc) is 2.31. The molecule has 2 atom stereocenters. The average molecular weight is 359 g/mol. The fourth-order valence-electron chi connectivity index (χ4n) is 2.62. The monoisotopic (exact) mass is 359 g/mol. The number of hydrogen-bond acceptors (Lipinski definition) is 2. The Bertz CT molecular complexity index is 418. The molecule has 2 rings (SSSR count). The van der Waals surface area contributed by atoms with Crippen molar-refractivity contribution in [2.45, 2.75) is 19.9 Å². The highest BCUT2D eigenvalue weighted by molar-refractivity contribution is 14.1. The molecule has 1 heterocycles. The van der Waals surface area contributed by atoms with Gasteiger partial charge in [-0.3, -0.25) is 9.69 Å². The van der Waals surface area contributed by atoms with E-state index in [1.54, 1.807) is 0 Å². The minimum absolute atomic E-state index is 0.211. The van der Waals surface area contributed by atoms with Crippen LogP contribution in [-0.2, 0) is 11.3 Å². The lowest BCUT2D eigenvalue weighted by Crippen LogP contribution is -2.41. The molecule has 98 valence electrons. The second-order valence-electron chi connectivity index (χ2n) is 5.20. The van der Waals surface area contributed by atoms with E-state index >= 15 is 0 Å². The van der Waals surface area contributed by atoms with E-state index in [0.717, 1.165) is 19.5 Å².